The van der Waals surface area contributed by atoms with Gasteiger partial charge in [0.2, 0.25) is 11.7 Å². The predicted octanol–water partition coefficient (Wildman–Crippen LogP) is 4.79. The lowest BCUT2D eigenvalue weighted by molar-refractivity contribution is -0.159. The number of benzene rings is 1. The van der Waals surface area contributed by atoms with Gasteiger partial charge in [-0.1, -0.05) is 17.3 Å². The van der Waals surface area contributed by atoms with Crippen LogP contribution in [-0.2, 0) is 17.5 Å². The molecular weight excluding hydrogens is 479 g/mol. The Balaban J connectivity index is 1.57. The van der Waals surface area contributed by atoms with Crippen molar-refractivity contribution in [1.82, 2.24) is 20.4 Å². The van der Waals surface area contributed by atoms with E-state index < -0.39 is 60.5 Å². The molecule has 1 N–H and O–H groups in total. The Morgan fingerprint density at radius 2 is 1.97 bits per heavy atom. The zero-order chi connectivity index (χ0) is 25.8. The molecule has 1 aromatic carbocycles. The Bertz CT molecular complexity index is 1140. The number of hydrogen-bond donors (Lipinski definition) is 1. The molecule has 8 nitrogen and oxygen atoms in total. The van der Waals surface area contributed by atoms with Gasteiger partial charge in [0, 0.05) is 30.5 Å². The maximum atomic E-state index is 14.3. The maximum Gasteiger partial charge on any atom is 0.471 e. The number of fused-ring (bicyclic) bond motifs is 1. The molecule has 1 saturated carbocycles. The minimum absolute atomic E-state index is 0.00172. The molecule has 2 aromatic rings. The van der Waals surface area contributed by atoms with E-state index in [0.29, 0.717) is 5.56 Å². The first-order valence-electron chi connectivity index (χ1n) is 10.9. The zero-order valence-corrected chi connectivity index (χ0v) is 19.1. The number of halogens is 5. The number of amides is 2. The molecule has 0 bridgehead atoms. The van der Waals surface area contributed by atoms with Crippen molar-refractivity contribution in [3.63, 3.8) is 0 Å². The average Bonchev–Trinajstić information content (AvgIpc) is 3.33. The molecular formula is C22H23F5N4O4. The van der Waals surface area contributed by atoms with E-state index in [1.54, 1.807) is 20.8 Å². The topological polar surface area (TPSA) is 97.6 Å². The van der Waals surface area contributed by atoms with Crippen molar-refractivity contribution in [2.75, 3.05) is 0 Å². The van der Waals surface area contributed by atoms with Crippen molar-refractivity contribution >= 4 is 12.0 Å². The van der Waals surface area contributed by atoms with Crippen LogP contribution in [0.1, 0.15) is 61.8 Å². The maximum absolute atomic E-state index is 14.3. The highest BCUT2D eigenvalue weighted by molar-refractivity contribution is 5.99. The van der Waals surface area contributed by atoms with Gasteiger partial charge in [0.05, 0.1) is 12.1 Å². The highest BCUT2D eigenvalue weighted by Gasteiger charge is 2.48. The van der Waals surface area contributed by atoms with Crippen molar-refractivity contribution in [2.24, 2.45) is 0 Å². The number of ether oxygens (including phenoxy) is 1. The Morgan fingerprint density at radius 1 is 1.26 bits per heavy atom. The minimum Gasteiger partial charge on any atom is -0.444 e. The summed E-state index contributed by atoms with van der Waals surface area (Å²) in [5, 5.41) is 5.93. The fourth-order valence-electron chi connectivity index (χ4n) is 4.25. The normalized spacial score (nSPS) is 22.2. The van der Waals surface area contributed by atoms with Gasteiger partial charge in [0.1, 0.15) is 5.60 Å². The molecule has 0 spiro atoms. The van der Waals surface area contributed by atoms with Gasteiger partial charge in [-0.3, -0.25) is 4.79 Å². The van der Waals surface area contributed by atoms with Gasteiger partial charge in [-0.2, -0.15) is 18.2 Å². The molecule has 0 unspecified atom stereocenters. The van der Waals surface area contributed by atoms with Crippen LogP contribution in [0.2, 0.25) is 0 Å². The van der Waals surface area contributed by atoms with Gasteiger partial charge < -0.3 is 19.5 Å². The first-order valence-corrected chi connectivity index (χ1v) is 10.9. The van der Waals surface area contributed by atoms with Gasteiger partial charge in [-0.15, -0.1) is 0 Å². The summed E-state index contributed by atoms with van der Waals surface area (Å²) in [6.07, 6.45) is -6.77. The van der Waals surface area contributed by atoms with Crippen LogP contribution in [-0.4, -0.2) is 50.6 Å². The summed E-state index contributed by atoms with van der Waals surface area (Å²) in [4.78, 5) is 30.1. The van der Waals surface area contributed by atoms with E-state index in [4.69, 9.17) is 4.74 Å². The Labute approximate surface area is 196 Å². The quantitative estimate of drug-likeness (QED) is 0.606. The average molecular weight is 502 g/mol. The summed E-state index contributed by atoms with van der Waals surface area (Å²) in [5.41, 5.74) is -0.0559. The van der Waals surface area contributed by atoms with Crippen molar-refractivity contribution in [3.8, 4) is 11.4 Å². The van der Waals surface area contributed by atoms with E-state index >= 15 is 0 Å². The molecule has 0 saturated heterocycles. The third kappa shape index (κ3) is 5.38. The predicted molar refractivity (Wildman–Crippen MR) is 110 cm³/mol. The molecule has 1 aromatic heterocycles. The van der Waals surface area contributed by atoms with Crippen molar-refractivity contribution in [3.05, 3.63) is 35.2 Å². The van der Waals surface area contributed by atoms with E-state index in [1.165, 1.54) is 23.1 Å². The van der Waals surface area contributed by atoms with Crippen LogP contribution < -0.4 is 5.32 Å². The zero-order valence-electron chi connectivity index (χ0n) is 19.1. The number of nitrogens with one attached hydrogen (secondary N) is 1. The fourth-order valence-corrected chi connectivity index (χ4v) is 4.25. The molecule has 1 aliphatic heterocycles. The summed E-state index contributed by atoms with van der Waals surface area (Å²) in [7, 11) is 0. The molecule has 2 aliphatic rings. The lowest BCUT2D eigenvalue weighted by atomic mass is 9.86. The summed E-state index contributed by atoms with van der Waals surface area (Å²) >= 11 is 0. The summed E-state index contributed by atoms with van der Waals surface area (Å²) in [5.74, 6) is -5.50. The number of aromatic nitrogens is 2. The number of nitrogens with zero attached hydrogens (tertiary/aromatic N) is 3. The SMILES string of the molecule is CC(C)(C)OC(=O)N[C@@H]1CCC(F)(F)C[C@H]1N1Cc2ccc(-c3noc(C(F)(F)F)n3)cc2C1=O. The standard InChI is InChI=1S/C22H23F5N4O4/c1-20(2,3)34-19(33)28-14-6-7-21(23,24)9-15(14)31-10-12-5-4-11(8-13(12)17(31)32)16-29-18(35-30-16)22(25,26)27/h4-5,8,14-15H,6-7,9-10H2,1-3H3,(H,28,33)/t14-,15-/m1/s1. The minimum atomic E-state index is -4.82. The number of alkyl halides is 5. The van der Waals surface area contributed by atoms with Gasteiger partial charge in [-0.05, 0) is 38.8 Å². The van der Waals surface area contributed by atoms with Gasteiger partial charge >= 0.3 is 18.2 Å². The second-order valence-corrected chi connectivity index (χ2v) is 9.64. The van der Waals surface area contributed by atoms with Crippen LogP contribution in [0, 0.1) is 0 Å². The van der Waals surface area contributed by atoms with Crippen LogP contribution in [0.4, 0.5) is 26.7 Å². The molecule has 190 valence electrons. The summed E-state index contributed by atoms with van der Waals surface area (Å²) in [6, 6.07) is 2.45. The van der Waals surface area contributed by atoms with Crippen molar-refractivity contribution in [1.29, 1.82) is 0 Å². The smallest absolute Gasteiger partial charge is 0.444 e. The largest absolute Gasteiger partial charge is 0.471 e. The molecule has 35 heavy (non-hydrogen) atoms. The summed E-state index contributed by atoms with van der Waals surface area (Å²) < 4.78 is 76.5. The second kappa shape index (κ2) is 8.45. The number of carbonyl (C=O) groups is 2. The molecule has 2 atom stereocenters. The number of alkyl carbamates (subject to hydrolysis) is 1. The molecule has 4 rings (SSSR count). The molecule has 13 heteroatoms. The van der Waals surface area contributed by atoms with Crippen LogP contribution in [0.15, 0.2) is 22.7 Å². The van der Waals surface area contributed by atoms with Crippen molar-refractivity contribution in [2.45, 2.75) is 76.4 Å². The van der Waals surface area contributed by atoms with Crippen LogP contribution in [0.25, 0.3) is 11.4 Å². The third-order valence-corrected chi connectivity index (χ3v) is 5.76. The van der Waals surface area contributed by atoms with Gasteiger partial charge in [0.25, 0.3) is 5.91 Å². The first kappa shape index (κ1) is 24.9. The molecule has 1 fully saturated rings. The monoisotopic (exact) mass is 502 g/mol. The van der Waals surface area contributed by atoms with E-state index in [9.17, 15) is 31.5 Å². The van der Waals surface area contributed by atoms with Crippen LogP contribution in [0.5, 0.6) is 0 Å². The van der Waals surface area contributed by atoms with Crippen LogP contribution in [0.3, 0.4) is 0 Å². The second-order valence-electron chi connectivity index (χ2n) is 9.64. The Hall–Kier alpha value is -3.25. The first-order chi connectivity index (χ1) is 16.1. The number of rotatable bonds is 3. The lowest BCUT2D eigenvalue weighted by Gasteiger charge is -2.41. The summed E-state index contributed by atoms with van der Waals surface area (Å²) in [6.45, 7) is 5.00. The molecule has 1 aliphatic carbocycles. The Kier molecular flexibility index (Phi) is 6.00. The molecule has 2 amide bonds. The highest BCUT2D eigenvalue weighted by Crippen LogP contribution is 2.39. The molecule has 2 heterocycles. The highest BCUT2D eigenvalue weighted by atomic mass is 19.4. The van der Waals surface area contributed by atoms with E-state index in [-0.39, 0.29) is 29.9 Å². The number of carbonyl (C=O) groups excluding carboxylic acids is 2. The lowest BCUT2D eigenvalue weighted by Crippen LogP contribution is -2.57. The fraction of sp³-hybridized carbons (Fsp3) is 0.545. The van der Waals surface area contributed by atoms with E-state index in [0.717, 1.165) is 0 Å². The van der Waals surface area contributed by atoms with E-state index in [2.05, 4.69) is 20.0 Å². The molecule has 0 radical (unpaired) electrons. The van der Waals surface area contributed by atoms with Gasteiger partial charge in [0.15, 0.2) is 0 Å². The van der Waals surface area contributed by atoms with E-state index in [1.807, 2.05) is 0 Å². The third-order valence-electron chi connectivity index (χ3n) is 5.76. The van der Waals surface area contributed by atoms with Crippen molar-refractivity contribution < 1.29 is 40.8 Å². The Morgan fingerprint density at radius 3 is 2.60 bits per heavy atom. The van der Waals surface area contributed by atoms with Gasteiger partial charge in [-0.25, -0.2) is 13.6 Å². The number of hydrogen-bond acceptors (Lipinski definition) is 6. The van der Waals surface area contributed by atoms with Crippen LogP contribution >= 0.6 is 0 Å².